The van der Waals surface area contributed by atoms with Gasteiger partial charge >= 0.3 is 5.97 Å². The first-order valence-electron chi connectivity index (χ1n) is 5.86. The van der Waals surface area contributed by atoms with Gasteiger partial charge in [0, 0.05) is 12.1 Å². The van der Waals surface area contributed by atoms with Gasteiger partial charge < -0.3 is 9.52 Å². The van der Waals surface area contributed by atoms with Crippen LogP contribution in [0.2, 0.25) is 0 Å². The second-order valence-electron chi connectivity index (χ2n) is 4.63. The summed E-state index contributed by atoms with van der Waals surface area (Å²) in [6.45, 7) is 0. The fourth-order valence-corrected chi connectivity index (χ4v) is 5.99. The number of hydrogen-bond donors (Lipinski definition) is 2. The molecule has 1 saturated heterocycles. The molecule has 2 heterocycles. The lowest BCUT2D eigenvalue weighted by Gasteiger charge is -2.22. The molecule has 2 rings (SSSR count). The zero-order valence-electron chi connectivity index (χ0n) is 10.6. The van der Waals surface area contributed by atoms with Crippen molar-refractivity contribution >= 4 is 41.8 Å². The number of rotatable bonds is 4. The Balaban J connectivity index is 2.24. The number of carboxylic acids is 1. The van der Waals surface area contributed by atoms with Crippen LogP contribution in [0.1, 0.15) is 23.4 Å². The van der Waals surface area contributed by atoms with E-state index in [9.17, 15) is 21.6 Å². The average molecular weight is 402 g/mol. The SMILES string of the molecule is O=C(O)c1cc(S(=O)(=O)NC2CCCS(=O)(=O)C2)c(Br)o1. The zero-order chi connectivity index (χ0) is 15.8. The summed E-state index contributed by atoms with van der Waals surface area (Å²) < 4.78 is 54.2. The third-order valence-electron chi connectivity index (χ3n) is 2.94. The van der Waals surface area contributed by atoms with E-state index >= 15 is 0 Å². The van der Waals surface area contributed by atoms with E-state index in [2.05, 4.69) is 20.7 Å². The molecule has 1 fully saturated rings. The first-order valence-corrected chi connectivity index (χ1v) is 9.96. The van der Waals surface area contributed by atoms with Gasteiger partial charge in [0.15, 0.2) is 14.5 Å². The van der Waals surface area contributed by atoms with Gasteiger partial charge in [-0.05, 0) is 28.8 Å². The number of carboxylic acid groups (broad SMARTS) is 1. The highest BCUT2D eigenvalue weighted by Crippen LogP contribution is 2.27. The molecule has 0 amide bonds. The minimum Gasteiger partial charge on any atom is -0.475 e. The van der Waals surface area contributed by atoms with Crippen molar-refractivity contribution in [1.29, 1.82) is 0 Å². The minimum atomic E-state index is -4.07. The first-order chi connectivity index (χ1) is 9.61. The van der Waals surface area contributed by atoms with Gasteiger partial charge in [0.2, 0.25) is 15.8 Å². The van der Waals surface area contributed by atoms with Gasteiger partial charge in [-0.1, -0.05) is 0 Å². The molecule has 1 aliphatic heterocycles. The molecule has 21 heavy (non-hydrogen) atoms. The van der Waals surface area contributed by atoms with Crippen LogP contribution in [0.25, 0.3) is 0 Å². The highest BCUT2D eigenvalue weighted by atomic mass is 79.9. The summed E-state index contributed by atoms with van der Waals surface area (Å²) in [5.74, 6) is -2.16. The van der Waals surface area contributed by atoms with Gasteiger partial charge in [-0.2, -0.15) is 0 Å². The number of sulfone groups is 1. The van der Waals surface area contributed by atoms with Crippen LogP contribution < -0.4 is 4.72 Å². The molecule has 0 bridgehead atoms. The Morgan fingerprint density at radius 1 is 1.48 bits per heavy atom. The van der Waals surface area contributed by atoms with Crippen LogP contribution >= 0.6 is 15.9 Å². The molecular weight excluding hydrogens is 390 g/mol. The fourth-order valence-electron chi connectivity index (χ4n) is 2.04. The predicted molar refractivity (Wildman–Crippen MR) is 75.4 cm³/mol. The lowest BCUT2D eigenvalue weighted by atomic mass is 10.2. The molecule has 2 N–H and O–H groups in total. The largest absolute Gasteiger partial charge is 0.475 e. The maximum Gasteiger partial charge on any atom is 0.371 e. The Kier molecular flexibility index (Phi) is 4.47. The number of furan rings is 1. The molecule has 0 aromatic carbocycles. The van der Waals surface area contributed by atoms with Gasteiger partial charge in [0.05, 0.1) is 11.5 Å². The molecule has 11 heteroatoms. The van der Waals surface area contributed by atoms with Crippen molar-refractivity contribution in [2.24, 2.45) is 0 Å². The summed E-state index contributed by atoms with van der Waals surface area (Å²) in [5.41, 5.74) is 0. The summed E-state index contributed by atoms with van der Waals surface area (Å²) in [4.78, 5) is 10.4. The van der Waals surface area contributed by atoms with E-state index in [0.717, 1.165) is 6.07 Å². The summed E-state index contributed by atoms with van der Waals surface area (Å²) in [6.07, 6.45) is 0.780. The number of carbonyl (C=O) groups is 1. The van der Waals surface area contributed by atoms with E-state index in [-0.39, 0.29) is 21.1 Å². The van der Waals surface area contributed by atoms with Crippen molar-refractivity contribution in [1.82, 2.24) is 4.72 Å². The third-order valence-corrected chi connectivity index (χ3v) is 7.14. The molecule has 0 radical (unpaired) electrons. The summed E-state index contributed by atoms with van der Waals surface area (Å²) >= 11 is 2.84. The van der Waals surface area contributed by atoms with Crippen LogP contribution in [-0.4, -0.2) is 45.5 Å². The lowest BCUT2D eigenvalue weighted by molar-refractivity contribution is 0.0661. The van der Waals surface area contributed by atoms with Crippen LogP contribution in [0.3, 0.4) is 0 Å². The van der Waals surface area contributed by atoms with Crippen LogP contribution in [0.5, 0.6) is 0 Å². The summed E-state index contributed by atoms with van der Waals surface area (Å²) in [6, 6.07) is 0.135. The normalized spacial score (nSPS) is 22.0. The standard InChI is InChI=1S/C10H12BrNO7S2/c11-9-8(4-7(19-9)10(13)14)21(17,18)12-6-2-1-3-20(15,16)5-6/h4,6,12H,1-3,5H2,(H,13,14). The Hall–Kier alpha value is -0.910. The molecule has 1 aliphatic rings. The van der Waals surface area contributed by atoms with E-state index in [1.54, 1.807) is 0 Å². The van der Waals surface area contributed by atoms with E-state index < -0.39 is 37.6 Å². The summed E-state index contributed by atoms with van der Waals surface area (Å²) in [5, 5.41) is 8.77. The Morgan fingerprint density at radius 3 is 2.67 bits per heavy atom. The molecule has 0 spiro atoms. The van der Waals surface area contributed by atoms with Gasteiger partial charge in [-0.3, -0.25) is 0 Å². The molecule has 118 valence electrons. The van der Waals surface area contributed by atoms with Crippen LogP contribution in [0.4, 0.5) is 0 Å². The molecule has 1 aromatic rings. The van der Waals surface area contributed by atoms with E-state index in [0.29, 0.717) is 12.8 Å². The molecular formula is C10H12BrNO7S2. The molecule has 8 nitrogen and oxygen atoms in total. The molecule has 1 aromatic heterocycles. The van der Waals surface area contributed by atoms with Crippen molar-refractivity contribution in [3.05, 3.63) is 16.5 Å². The minimum absolute atomic E-state index is 0.0454. The van der Waals surface area contributed by atoms with Gasteiger partial charge in [-0.15, -0.1) is 0 Å². The number of halogens is 1. The Bertz CT molecular complexity index is 765. The van der Waals surface area contributed by atoms with Gasteiger partial charge in [0.1, 0.15) is 4.90 Å². The second-order valence-corrected chi connectivity index (χ2v) is 9.26. The van der Waals surface area contributed by atoms with Crippen LogP contribution in [-0.2, 0) is 19.9 Å². The lowest BCUT2D eigenvalue weighted by Crippen LogP contribution is -2.43. The topological polar surface area (TPSA) is 131 Å². The van der Waals surface area contributed by atoms with Crippen LogP contribution in [0, 0.1) is 0 Å². The van der Waals surface area contributed by atoms with E-state index in [1.165, 1.54) is 0 Å². The van der Waals surface area contributed by atoms with E-state index in [1.807, 2.05) is 0 Å². The number of sulfonamides is 1. The van der Waals surface area contributed by atoms with Crippen LogP contribution in [0.15, 0.2) is 20.0 Å². The highest BCUT2D eigenvalue weighted by molar-refractivity contribution is 9.10. The maximum atomic E-state index is 12.2. The van der Waals surface area contributed by atoms with Crippen molar-refractivity contribution < 1.29 is 31.2 Å². The van der Waals surface area contributed by atoms with Crippen molar-refractivity contribution in [3.63, 3.8) is 0 Å². The fraction of sp³-hybridized carbons (Fsp3) is 0.500. The number of aromatic carboxylic acids is 1. The van der Waals surface area contributed by atoms with Gasteiger partial charge in [0.25, 0.3) is 0 Å². The first kappa shape index (κ1) is 16.5. The maximum absolute atomic E-state index is 12.2. The Morgan fingerprint density at radius 2 is 2.14 bits per heavy atom. The third kappa shape index (κ3) is 3.84. The van der Waals surface area contributed by atoms with Crippen molar-refractivity contribution in [3.8, 4) is 0 Å². The van der Waals surface area contributed by atoms with Gasteiger partial charge in [-0.25, -0.2) is 26.4 Å². The highest BCUT2D eigenvalue weighted by Gasteiger charge is 2.31. The summed E-state index contributed by atoms with van der Waals surface area (Å²) in [7, 11) is -7.33. The Labute approximate surface area is 129 Å². The molecule has 1 atom stereocenters. The molecule has 1 unspecified atom stereocenters. The number of hydrogen-bond acceptors (Lipinski definition) is 6. The van der Waals surface area contributed by atoms with Crippen molar-refractivity contribution in [2.75, 3.05) is 11.5 Å². The second kappa shape index (κ2) is 5.71. The molecule has 0 saturated carbocycles. The van der Waals surface area contributed by atoms with E-state index in [4.69, 9.17) is 9.52 Å². The zero-order valence-corrected chi connectivity index (χ0v) is 13.8. The number of nitrogens with one attached hydrogen (secondary N) is 1. The average Bonchev–Trinajstić information content (AvgIpc) is 2.70. The monoisotopic (exact) mass is 401 g/mol. The molecule has 0 aliphatic carbocycles. The smallest absolute Gasteiger partial charge is 0.371 e. The van der Waals surface area contributed by atoms with Crippen molar-refractivity contribution in [2.45, 2.75) is 23.8 Å². The predicted octanol–water partition coefficient (Wildman–Crippen LogP) is 0.596. The quantitative estimate of drug-likeness (QED) is 0.754.